The van der Waals surface area contributed by atoms with Gasteiger partial charge >= 0.3 is 5.97 Å². The van der Waals surface area contributed by atoms with E-state index >= 15 is 0 Å². The van der Waals surface area contributed by atoms with Crippen LogP contribution in [0, 0.1) is 0 Å². The van der Waals surface area contributed by atoms with E-state index in [2.05, 4.69) is 0 Å². The lowest BCUT2D eigenvalue weighted by atomic mass is 10.0. The first-order valence-electron chi connectivity index (χ1n) is 5.86. The van der Waals surface area contributed by atoms with E-state index in [4.69, 9.17) is 9.47 Å². The molecule has 0 amide bonds. The van der Waals surface area contributed by atoms with Gasteiger partial charge in [0.2, 0.25) is 0 Å². The van der Waals surface area contributed by atoms with Crippen molar-refractivity contribution in [2.24, 2.45) is 0 Å². The summed E-state index contributed by atoms with van der Waals surface area (Å²) in [5, 5.41) is 18.9. The molecule has 1 heterocycles. The van der Waals surface area contributed by atoms with Crippen molar-refractivity contribution in [1.29, 1.82) is 0 Å². The normalized spacial score (nSPS) is 27.8. The summed E-state index contributed by atoms with van der Waals surface area (Å²) < 4.78 is 10.3. The van der Waals surface area contributed by atoms with Gasteiger partial charge in [0.05, 0.1) is 24.4 Å². The number of carbonyl (C=O) groups excluding carboxylic acids is 1. The Labute approximate surface area is 105 Å². The molecule has 0 spiro atoms. The topological polar surface area (TPSA) is 76.0 Å². The Morgan fingerprint density at radius 2 is 2.06 bits per heavy atom. The molecular formula is C13H16O5. The molecule has 0 radical (unpaired) electrons. The fourth-order valence-corrected chi connectivity index (χ4v) is 1.82. The average Bonchev–Trinajstić information content (AvgIpc) is 2.38. The third kappa shape index (κ3) is 3.29. The van der Waals surface area contributed by atoms with Crippen LogP contribution in [0.1, 0.15) is 16.8 Å². The molecule has 5 nitrogen and oxygen atoms in total. The molecule has 18 heavy (non-hydrogen) atoms. The molecule has 0 aromatic heterocycles. The van der Waals surface area contributed by atoms with Crippen molar-refractivity contribution in [2.45, 2.75) is 24.7 Å². The van der Waals surface area contributed by atoms with Crippen LogP contribution in [0.3, 0.4) is 0 Å². The van der Waals surface area contributed by atoms with E-state index in [1.807, 2.05) is 6.07 Å². The maximum atomic E-state index is 11.6. The lowest BCUT2D eigenvalue weighted by Gasteiger charge is -2.30. The van der Waals surface area contributed by atoms with E-state index in [0.717, 1.165) is 0 Å². The van der Waals surface area contributed by atoms with Crippen LogP contribution >= 0.6 is 0 Å². The SMILES string of the molecule is O=C(OC[C@H]1OCC(O)CC1O)c1ccccc1. The molecule has 1 aromatic carbocycles. The van der Waals surface area contributed by atoms with Crippen LogP contribution in [-0.2, 0) is 9.47 Å². The number of rotatable bonds is 3. The average molecular weight is 252 g/mol. The first kappa shape index (κ1) is 13.0. The molecule has 1 aliphatic heterocycles. The Bertz CT molecular complexity index is 392. The van der Waals surface area contributed by atoms with Crippen molar-refractivity contribution in [1.82, 2.24) is 0 Å². The van der Waals surface area contributed by atoms with Crippen LogP contribution in [0.25, 0.3) is 0 Å². The summed E-state index contributed by atoms with van der Waals surface area (Å²) in [4.78, 5) is 11.6. The van der Waals surface area contributed by atoms with Crippen LogP contribution < -0.4 is 0 Å². The number of ether oxygens (including phenoxy) is 2. The lowest BCUT2D eigenvalue weighted by Crippen LogP contribution is -2.43. The standard InChI is InChI=1S/C13H16O5/c14-10-6-11(15)12(17-7-10)8-18-13(16)9-4-2-1-3-5-9/h1-5,10-12,14-15H,6-8H2/t10?,11?,12-/m1/s1. The second kappa shape index (κ2) is 5.95. The van der Waals surface area contributed by atoms with Gasteiger partial charge in [-0.05, 0) is 12.1 Å². The zero-order valence-electron chi connectivity index (χ0n) is 9.86. The highest BCUT2D eigenvalue weighted by Gasteiger charge is 2.29. The van der Waals surface area contributed by atoms with Crippen LogP contribution in [0.2, 0.25) is 0 Å². The summed E-state index contributed by atoms with van der Waals surface area (Å²) in [5.74, 6) is -0.447. The molecule has 0 bridgehead atoms. The van der Waals surface area contributed by atoms with Crippen molar-refractivity contribution in [3.8, 4) is 0 Å². The summed E-state index contributed by atoms with van der Waals surface area (Å²) in [6.45, 7) is 0.145. The van der Waals surface area contributed by atoms with E-state index in [-0.39, 0.29) is 19.6 Å². The Balaban J connectivity index is 1.83. The Kier molecular flexibility index (Phi) is 4.30. The minimum atomic E-state index is -0.808. The molecule has 1 saturated heterocycles. The van der Waals surface area contributed by atoms with Crippen LogP contribution in [0.5, 0.6) is 0 Å². The van der Waals surface area contributed by atoms with Gasteiger partial charge in [-0.2, -0.15) is 0 Å². The van der Waals surface area contributed by atoms with Gasteiger partial charge in [-0.25, -0.2) is 4.79 Å². The van der Waals surface area contributed by atoms with Gasteiger partial charge in [0.1, 0.15) is 12.7 Å². The predicted molar refractivity (Wildman–Crippen MR) is 63.1 cm³/mol. The van der Waals surface area contributed by atoms with Gasteiger partial charge in [0.25, 0.3) is 0 Å². The van der Waals surface area contributed by atoms with Crippen LogP contribution in [0.15, 0.2) is 30.3 Å². The molecule has 2 rings (SSSR count). The largest absolute Gasteiger partial charge is 0.459 e. The molecular weight excluding hydrogens is 236 g/mol. The van der Waals surface area contributed by atoms with Gasteiger partial charge in [-0.15, -0.1) is 0 Å². The van der Waals surface area contributed by atoms with Gasteiger partial charge in [-0.1, -0.05) is 18.2 Å². The number of hydrogen-bond donors (Lipinski definition) is 2. The number of benzene rings is 1. The maximum absolute atomic E-state index is 11.6. The number of carbonyl (C=O) groups is 1. The second-order valence-corrected chi connectivity index (χ2v) is 4.29. The molecule has 1 aromatic rings. The molecule has 98 valence electrons. The summed E-state index contributed by atoms with van der Waals surface area (Å²) in [6, 6.07) is 8.62. The summed E-state index contributed by atoms with van der Waals surface area (Å²) in [5.41, 5.74) is 0.461. The lowest BCUT2D eigenvalue weighted by molar-refractivity contribution is -0.137. The van der Waals surface area contributed by atoms with Gasteiger partial charge in [0, 0.05) is 6.42 Å². The van der Waals surface area contributed by atoms with Crippen molar-refractivity contribution in [2.75, 3.05) is 13.2 Å². The first-order chi connectivity index (χ1) is 8.66. The smallest absolute Gasteiger partial charge is 0.338 e. The van der Waals surface area contributed by atoms with Crippen molar-refractivity contribution < 1.29 is 24.5 Å². The van der Waals surface area contributed by atoms with Gasteiger partial charge in [-0.3, -0.25) is 0 Å². The molecule has 5 heteroatoms. The zero-order chi connectivity index (χ0) is 13.0. The molecule has 1 fully saturated rings. The minimum absolute atomic E-state index is 0.0123. The zero-order valence-corrected chi connectivity index (χ0v) is 9.86. The van der Waals surface area contributed by atoms with E-state index in [1.54, 1.807) is 24.3 Å². The summed E-state index contributed by atoms with van der Waals surface area (Å²) in [6.07, 6.45) is -1.78. The third-order valence-electron chi connectivity index (χ3n) is 2.83. The third-order valence-corrected chi connectivity index (χ3v) is 2.83. The van der Waals surface area contributed by atoms with E-state index in [1.165, 1.54) is 0 Å². The van der Waals surface area contributed by atoms with E-state index in [9.17, 15) is 15.0 Å². The summed E-state index contributed by atoms with van der Waals surface area (Å²) in [7, 11) is 0. The van der Waals surface area contributed by atoms with Crippen molar-refractivity contribution in [3.63, 3.8) is 0 Å². The molecule has 0 saturated carbocycles. The summed E-state index contributed by atoms with van der Waals surface area (Å²) >= 11 is 0. The highest BCUT2D eigenvalue weighted by atomic mass is 16.6. The molecule has 0 aliphatic carbocycles. The number of aliphatic hydroxyl groups excluding tert-OH is 2. The highest BCUT2D eigenvalue weighted by Crippen LogP contribution is 2.15. The van der Waals surface area contributed by atoms with Gasteiger partial charge in [0.15, 0.2) is 0 Å². The van der Waals surface area contributed by atoms with E-state index in [0.29, 0.717) is 5.56 Å². The second-order valence-electron chi connectivity index (χ2n) is 4.29. The highest BCUT2D eigenvalue weighted by molar-refractivity contribution is 5.89. The van der Waals surface area contributed by atoms with Crippen molar-refractivity contribution >= 4 is 5.97 Å². The Morgan fingerprint density at radius 1 is 1.33 bits per heavy atom. The van der Waals surface area contributed by atoms with E-state index < -0.39 is 24.3 Å². The number of hydrogen-bond acceptors (Lipinski definition) is 5. The monoisotopic (exact) mass is 252 g/mol. The Hall–Kier alpha value is -1.43. The minimum Gasteiger partial charge on any atom is -0.459 e. The molecule has 2 unspecified atom stereocenters. The number of esters is 1. The van der Waals surface area contributed by atoms with Gasteiger partial charge < -0.3 is 19.7 Å². The fraction of sp³-hybridized carbons (Fsp3) is 0.462. The quantitative estimate of drug-likeness (QED) is 0.759. The molecule has 2 N–H and O–H groups in total. The Morgan fingerprint density at radius 3 is 2.72 bits per heavy atom. The van der Waals surface area contributed by atoms with Crippen LogP contribution in [0.4, 0.5) is 0 Å². The maximum Gasteiger partial charge on any atom is 0.338 e. The fourth-order valence-electron chi connectivity index (χ4n) is 1.82. The van der Waals surface area contributed by atoms with Crippen LogP contribution in [-0.4, -0.2) is 47.7 Å². The molecule has 3 atom stereocenters. The number of aliphatic hydroxyl groups is 2. The van der Waals surface area contributed by atoms with Crippen molar-refractivity contribution in [3.05, 3.63) is 35.9 Å². The first-order valence-corrected chi connectivity index (χ1v) is 5.86. The predicted octanol–water partition coefficient (Wildman–Crippen LogP) is 0.354. The molecule has 1 aliphatic rings.